The zero-order chi connectivity index (χ0) is 22.2. The largest absolute Gasteiger partial charge is 0.444 e. The molecule has 2 aromatic rings. The van der Waals surface area contributed by atoms with Gasteiger partial charge in [0.05, 0.1) is 18.4 Å². The number of ether oxygens (including phenoxy) is 1. The fourth-order valence-electron chi connectivity index (χ4n) is 3.40. The molecular weight excluding hydrogens is 394 g/mol. The van der Waals surface area contributed by atoms with E-state index in [1.807, 2.05) is 0 Å². The van der Waals surface area contributed by atoms with E-state index in [4.69, 9.17) is 10.5 Å². The first-order chi connectivity index (χ1) is 14.0. The zero-order valence-electron chi connectivity index (χ0n) is 17.2. The number of aliphatic hydroxyl groups is 2. The topological polar surface area (TPSA) is 178 Å². The summed E-state index contributed by atoms with van der Waals surface area (Å²) in [5.41, 5.74) is 5.91. The zero-order valence-corrected chi connectivity index (χ0v) is 17.2. The summed E-state index contributed by atoms with van der Waals surface area (Å²) in [6, 6.07) is -2.22. The number of amides is 2. The maximum atomic E-state index is 12.5. The van der Waals surface area contributed by atoms with Gasteiger partial charge in [-0.2, -0.15) is 0 Å². The van der Waals surface area contributed by atoms with Crippen molar-refractivity contribution in [3.8, 4) is 0 Å². The van der Waals surface area contributed by atoms with Gasteiger partial charge >= 0.3 is 6.09 Å². The highest BCUT2D eigenvalue weighted by Gasteiger charge is 2.44. The number of rotatable bonds is 4. The van der Waals surface area contributed by atoms with E-state index in [2.05, 4.69) is 25.6 Å². The maximum absolute atomic E-state index is 12.5. The van der Waals surface area contributed by atoms with Crippen LogP contribution >= 0.6 is 0 Å². The third-order valence-electron chi connectivity index (χ3n) is 4.85. The predicted octanol–water partition coefficient (Wildman–Crippen LogP) is -0.527. The van der Waals surface area contributed by atoms with Crippen LogP contribution in [-0.2, 0) is 9.53 Å². The molecule has 3 rings (SSSR count). The molecule has 1 aliphatic rings. The lowest BCUT2D eigenvalue weighted by Gasteiger charge is -2.23. The van der Waals surface area contributed by atoms with Crippen LogP contribution in [0.5, 0.6) is 0 Å². The number of nitrogen functional groups attached to an aromatic ring is 1. The number of anilines is 1. The average molecular weight is 421 g/mol. The van der Waals surface area contributed by atoms with E-state index in [0.717, 1.165) is 0 Å². The van der Waals surface area contributed by atoms with E-state index < -0.39 is 47.9 Å². The third-order valence-corrected chi connectivity index (χ3v) is 4.85. The van der Waals surface area contributed by atoms with Crippen LogP contribution in [0.15, 0.2) is 12.7 Å². The molecule has 12 nitrogen and oxygen atoms in total. The molecule has 0 aromatic carbocycles. The molecule has 2 heterocycles. The first-order valence-electron chi connectivity index (χ1n) is 9.57. The second-order valence-electron chi connectivity index (χ2n) is 8.35. The summed E-state index contributed by atoms with van der Waals surface area (Å²) in [5, 5.41) is 26.1. The number of nitrogens with one attached hydrogen (secondary N) is 2. The quantitative estimate of drug-likeness (QED) is 0.434. The number of aromatic nitrogens is 4. The fourth-order valence-corrected chi connectivity index (χ4v) is 3.40. The number of carbonyl (C=O) groups excluding carboxylic acids is 2. The van der Waals surface area contributed by atoms with E-state index in [0.29, 0.717) is 11.2 Å². The number of nitrogens with two attached hydrogens (primary N) is 1. The summed E-state index contributed by atoms with van der Waals surface area (Å²) in [4.78, 5) is 36.5. The van der Waals surface area contributed by atoms with Gasteiger partial charge in [-0.15, -0.1) is 0 Å². The number of fused-ring (bicyclic) bond motifs is 1. The van der Waals surface area contributed by atoms with Gasteiger partial charge in [-0.3, -0.25) is 4.79 Å². The highest BCUT2D eigenvalue weighted by molar-refractivity contribution is 5.85. The lowest BCUT2D eigenvalue weighted by atomic mass is 10.2. The highest BCUT2D eigenvalue weighted by Crippen LogP contribution is 2.33. The predicted molar refractivity (Wildman–Crippen MR) is 106 cm³/mol. The monoisotopic (exact) mass is 421 g/mol. The minimum absolute atomic E-state index is 0.207. The van der Waals surface area contributed by atoms with Gasteiger partial charge in [-0.1, -0.05) is 0 Å². The number of imidazole rings is 1. The van der Waals surface area contributed by atoms with Gasteiger partial charge < -0.3 is 35.9 Å². The summed E-state index contributed by atoms with van der Waals surface area (Å²) < 4.78 is 6.74. The van der Waals surface area contributed by atoms with E-state index in [-0.39, 0.29) is 12.2 Å². The molecule has 1 fully saturated rings. The van der Waals surface area contributed by atoms with Crippen LogP contribution in [-0.4, -0.2) is 71.6 Å². The van der Waals surface area contributed by atoms with Crippen molar-refractivity contribution in [2.24, 2.45) is 0 Å². The Morgan fingerprint density at radius 3 is 2.63 bits per heavy atom. The first kappa shape index (κ1) is 21.7. The average Bonchev–Trinajstić information content (AvgIpc) is 3.17. The summed E-state index contributed by atoms with van der Waals surface area (Å²) in [6.45, 7) is 6.64. The Morgan fingerprint density at radius 2 is 1.97 bits per heavy atom. The Hall–Kier alpha value is -2.99. The van der Waals surface area contributed by atoms with Crippen molar-refractivity contribution in [3.63, 3.8) is 0 Å². The van der Waals surface area contributed by atoms with Crippen molar-refractivity contribution in [2.75, 3.05) is 5.73 Å². The molecule has 0 bridgehead atoms. The molecule has 30 heavy (non-hydrogen) atoms. The molecule has 2 amide bonds. The molecular formula is C18H27N7O5. The summed E-state index contributed by atoms with van der Waals surface area (Å²) in [7, 11) is 0. The Labute approximate surface area is 172 Å². The van der Waals surface area contributed by atoms with Gasteiger partial charge in [0, 0.05) is 0 Å². The van der Waals surface area contributed by atoms with Gasteiger partial charge in [-0.25, -0.2) is 19.7 Å². The van der Waals surface area contributed by atoms with Crippen LogP contribution in [0.2, 0.25) is 0 Å². The van der Waals surface area contributed by atoms with E-state index in [9.17, 15) is 19.8 Å². The smallest absolute Gasteiger partial charge is 0.408 e. The molecule has 12 heteroatoms. The molecule has 1 saturated carbocycles. The molecule has 0 spiro atoms. The fraction of sp³-hybridized carbons (Fsp3) is 0.611. The first-order valence-corrected chi connectivity index (χ1v) is 9.57. The summed E-state index contributed by atoms with van der Waals surface area (Å²) in [5.74, 6) is -0.307. The van der Waals surface area contributed by atoms with Gasteiger partial charge in [0.1, 0.15) is 35.7 Å². The molecule has 1 aliphatic carbocycles. The van der Waals surface area contributed by atoms with Crippen LogP contribution in [0, 0.1) is 0 Å². The molecule has 164 valence electrons. The van der Waals surface area contributed by atoms with Gasteiger partial charge in [0.15, 0.2) is 11.5 Å². The Kier molecular flexibility index (Phi) is 5.81. The number of hydrogen-bond donors (Lipinski definition) is 5. The summed E-state index contributed by atoms with van der Waals surface area (Å²) >= 11 is 0. The second kappa shape index (κ2) is 8.03. The molecule has 0 unspecified atom stereocenters. The normalized spacial score (nSPS) is 25.1. The van der Waals surface area contributed by atoms with E-state index in [1.54, 1.807) is 25.3 Å². The molecule has 0 radical (unpaired) electrons. The SMILES string of the molecule is C[C@H](NC(=O)OC(C)(C)C)C(=O)N[C@H]1C[C@@H](n2cnc3c(N)ncnc32)[C@@H](O)[C@H]1O. The highest BCUT2D eigenvalue weighted by atomic mass is 16.6. The van der Waals surface area contributed by atoms with Crippen molar-refractivity contribution in [1.29, 1.82) is 0 Å². The number of carbonyl (C=O) groups is 2. The van der Waals surface area contributed by atoms with Crippen molar-refractivity contribution < 1.29 is 24.5 Å². The lowest BCUT2D eigenvalue weighted by Crippen LogP contribution is -2.51. The van der Waals surface area contributed by atoms with Gasteiger partial charge in [-0.05, 0) is 34.1 Å². The van der Waals surface area contributed by atoms with Crippen LogP contribution in [0.1, 0.15) is 40.2 Å². The maximum Gasteiger partial charge on any atom is 0.408 e. The number of aliphatic hydroxyl groups excluding tert-OH is 2. The molecule has 0 aliphatic heterocycles. The van der Waals surface area contributed by atoms with Crippen LogP contribution in [0.3, 0.4) is 0 Å². The number of alkyl carbamates (subject to hydrolysis) is 1. The standard InChI is InChI=1S/C18H27N7O5/c1-8(23-17(29)30-18(2,3)4)16(28)24-9-5-10(13(27)12(9)26)25-7-22-11-14(19)20-6-21-15(11)25/h6-10,12-13,26-27H,5H2,1-4H3,(H,23,29)(H,24,28)(H2,19,20,21)/t8-,9-,10+,12-,13+/m0/s1. The van der Waals surface area contributed by atoms with Crippen LogP contribution in [0.25, 0.3) is 11.2 Å². The van der Waals surface area contributed by atoms with E-state index >= 15 is 0 Å². The number of hydrogen-bond acceptors (Lipinski definition) is 9. The molecule has 6 N–H and O–H groups in total. The molecule has 5 atom stereocenters. The minimum Gasteiger partial charge on any atom is -0.444 e. The van der Waals surface area contributed by atoms with Gasteiger partial charge in [0.2, 0.25) is 5.91 Å². The molecule has 2 aromatic heterocycles. The van der Waals surface area contributed by atoms with Gasteiger partial charge in [0.25, 0.3) is 0 Å². The Bertz CT molecular complexity index is 941. The molecule has 0 saturated heterocycles. The second-order valence-corrected chi connectivity index (χ2v) is 8.35. The van der Waals surface area contributed by atoms with Crippen LogP contribution < -0.4 is 16.4 Å². The Balaban J connectivity index is 1.67. The Morgan fingerprint density at radius 1 is 1.27 bits per heavy atom. The number of nitrogens with zero attached hydrogens (tertiary/aromatic N) is 4. The lowest BCUT2D eigenvalue weighted by molar-refractivity contribution is -0.124. The minimum atomic E-state index is -1.22. The van der Waals surface area contributed by atoms with E-state index in [1.165, 1.54) is 19.6 Å². The van der Waals surface area contributed by atoms with Crippen molar-refractivity contribution >= 4 is 29.0 Å². The van der Waals surface area contributed by atoms with Crippen molar-refractivity contribution in [2.45, 2.75) is 70.1 Å². The van der Waals surface area contributed by atoms with Crippen LogP contribution in [0.4, 0.5) is 10.6 Å². The summed E-state index contributed by atoms with van der Waals surface area (Å²) in [6.07, 6.45) is -0.133. The van der Waals surface area contributed by atoms with Crippen molar-refractivity contribution in [1.82, 2.24) is 30.2 Å². The van der Waals surface area contributed by atoms with Crippen molar-refractivity contribution in [3.05, 3.63) is 12.7 Å². The third kappa shape index (κ3) is 4.44.